The first kappa shape index (κ1) is 22.0. The molecule has 22 heavy (non-hydrogen) atoms. The van der Waals surface area contributed by atoms with E-state index < -0.39 is 0 Å². The lowest BCUT2D eigenvalue weighted by Gasteiger charge is -2.14. The predicted molar refractivity (Wildman–Crippen MR) is 104 cm³/mol. The average Bonchev–Trinajstić information content (AvgIpc) is 2.50. The van der Waals surface area contributed by atoms with Crippen molar-refractivity contribution in [1.29, 1.82) is 0 Å². The van der Waals surface area contributed by atoms with E-state index in [1.54, 1.807) is 0 Å². The van der Waals surface area contributed by atoms with E-state index >= 15 is 0 Å². The third-order valence-electron chi connectivity index (χ3n) is 5.40. The summed E-state index contributed by atoms with van der Waals surface area (Å²) >= 11 is 0. The van der Waals surface area contributed by atoms with Crippen molar-refractivity contribution in [1.82, 2.24) is 0 Å². The molecule has 0 amide bonds. The second kappa shape index (κ2) is 17.4. The molecule has 0 saturated heterocycles. The lowest BCUT2D eigenvalue weighted by Crippen LogP contribution is -2.03. The van der Waals surface area contributed by atoms with E-state index in [4.69, 9.17) is 0 Å². The molecular weight excluding hydrogens is 264 g/mol. The van der Waals surface area contributed by atoms with Gasteiger partial charge in [0.05, 0.1) is 0 Å². The van der Waals surface area contributed by atoms with Crippen LogP contribution in [-0.2, 0) is 0 Å². The van der Waals surface area contributed by atoms with Crippen LogP contribution in [-0.4, -0.2) is 0 Å². The fraction of sp³-hybridized carbons (Fsp3) is 1.00. The van der Waals surface area contributed by atoms with Gasteiger partial charge in [-0.15, -0.1) is 0 Å². The molecule has 0 aliphatic rings. The predicted octanol–water partition coefficient (Wildman–Crippen LogP) is 8.54. The summed E-state index contributed by atoms with van der Waals surface area (Å²) in [5.74, 6) is 1.79. The van der Waals surface area contributed by atoms with Crippen molar-refractivity contribution < 1.29 is 0 Å². The third-order valence-corrected chi connectivity index (χ3v) is 5.40. The Labute approximate surface area is 142 Å². The van der Waals surface area contributed by atoms with E-state index in [0.717, 1.165) is 11.8 Å². The van der Waals surface area contributed by atoms with Crippen LogP contribution in [0.1, 0.15) is 130 Å². The van der Waals surface area contributed by atoms with Gasteiger partial charge in [-0.1, -0.05) is 130 Å². The molecule has 0 aromatic heterocycles. The molecule has 0 aliphatic carbocycles. The van der Waals surface area contributed by atoms with Gasteiger partial charge in [-0.05, 0) is 11.8 Å². The van der Waals surface area contributed by atoms with E-state index in [1.807, 2.05) is 0 Å². The highest BCUT2D eigenvalue weighted by Crippen LogP contribution is 2.19. The Kier molecular flexibility index (Phi) is 17.4. The van der Waals surface area contributed by atoms with E-state index in [2.05, 4.69) is 27.7 Å². The Morgan fingerprint density at radius 1 is 0.455 bits per heavy atom. The first-order chi connectivity index (χ1) is 10.7. The van der Waals surface area contributed by atoms with Gasteiger partial charge < -0.3 is 0 Å². The van der Waals surface area contributed by atoms with Crippen molar-refractivity contribution >= 4 is 0 Å². The van der Waals surface area contributed by atoms with Crippen LogP contribution in [0.15, 0.2) is 0 Å². The lowest BCUT2D eigenvalue weighted by atomic mass is 9.92. The standard InChI is InChI=1S/C22H46/c1-5-6-7-8-9-10-11-12-13-14-15-16-17-18-19-20-22(4)21(2)3/h21-22H,5-20H2,1-4H3/t22-/m0/s1. The zero-order chi connectivity index (χ0) is 16.5. The molecule has 0 aromatic rings. The van der Waals surface area contributed by atoms with Crippen molar-refractivity contribution in [3.8, 4) is 0 Å². The van der Waals surface area contributed by atoms with Crippen LogP contribution >= 0.6 is 0 Å². The molecule has 0 heterocycles. The molecule has 0 aromatic carbocycles. The van der Waals surface area contributed by atoms with Gasteiger partial charge >= 0.3 is 0 Å². The minimum Gasteiger partial charge on any atom is -0.0654 e. The van der Waals surface area contributed by atoms with Crippen molar-refractivity contribution in [2.75, 3.05) is 0 Å². The van der Waals surface area contributed by atoms with Crippen molar-refractivity contribution in [3.05, 3.63) is 0 Å². The van der Waals surface area contributed by atoms with Gasteiger partial charge in [-0.25, -0.2) is 0 Å². The van der Waals surface area contributed by atoms with Crippen LogP contribution in [0.25, 0.3) is 0 Å². The zero-order valence-electron chi connectivity index (χ0n) is 16.5. The highest BCUT2D eigenvalue weighted by atomic mass is 14.1. The monoisotopic (exact) mass is 310 g/mol. The van der Waals surface area contributed by atoms with E-state index in [1.165, 1.54) is 103 Å². The molecule has 0 bridgehead atoms. The first-order valence-corrected chi connectivity index (χ1v) is 10.7. The molecule has 0 saturated carbocycles. The normalized spacial score (nSPS) is 13.0. The van der Waals surface area contributed by atoms with Crippen molar-refractivity contribution in [2.24, 2.45) is 11.8 Å². The Morgan fingerprint density at radius 2 is 0.773 bits per heavy atom. The fourth-order valence-corrected chi connectivity index (χ4v) is 3.17. The Hall–Kier alpha value is 0. The molecule has 0 N–H and O–H groups in total. The van der Waals surface area contributed by atoms with Gasteiger partial charge in [-0.3, -0.25) is 0 Å². The van der Waals surface area contributed by atoms with Crippen LogP contribution in [0.2, 0.25) is 0 Å². The fourth-order valence-electron chi connectivity index (χ4n) is 3.17. The summed E-state index contributed by atoms with van der Waals surface area (Å²) in [6.45, 7) is 9.42. The Bertz CT molecular complexity index is 194. The van der Waals surface area contributed by atoms with Crippen LogP contribution in [0.4, 0.5) is 0 Å². The summed E-state index contributed by atoms with van der Waals surface area (Å²) < 4.78 is 0. The summed E-state index contributed by atoms with van der Waals surface area (Å²) in [5, 5.41) is 0. The highest BCUT2D eigenvalue weighted by molar-refractivity contribution is 4.57. The van der Waals surface area contributed by atoms with Gasteiger partial charge in [0.2, 0.25) is 0 Å². The van der Waals surface area contributed by atoms with E-state index in [9.17, 15) is 0 Å². The smallest absolute Gasteiger partial charge is 0.0420 e. The quantitative estimate of drug-likeness (QED) is 0.236. The zero-order valence-corrected chi connectivity index (χ0v) is 16.5. The topological polar surface area (TPSA) is 0 Å². The number of rotatable bonds is 17. The minimum absolute atomic E-state index is 0.867. The maximum absolute atomic E-state index is 2.41. The minimum atomic E-state index is 0.867. The molecule has 0 nitrogen and oxygen atoms in total. The number of hydrogen-bond donors (Lipinski definition) is 0. The molecule has 0 heteroatoms. The Morgan fingerprint density at radius 3 is 1.09 bits per heavy atom. The van der Waals surface area contributed by atoms with Gasteiger partial charge in [0, 0.05) is 0 Å². The SMILES string of the molecule is CCCCCCCCCCCCCCCCC[C@H](C)C(C)C. The molecular formula is C22H46. The maximum Gasteiger partial charge on any atom is -0.0420 e. The van der Waals surface area contributed by atoms with Gasteiger partial charge in [0.1, 0.15) is 0 Å². The summed E-state index contributed by atoms with van der Waals surface area (Å²) in [7, 11) is 0. The molecule has 0 aliphatic heterocycles. The van der Waals surface area contributed by atoms with E-state index in [0.29, 0.717) is 0 Å². The van der Waals surface area contributed by atoms with Crippen LogP contribution in [0, 0.1) is 11.8 Å². The van der Waals surface area contributed by atoms with Gasteiger partial charge in [-0.2, -0.15) is 0 Å². The molecule has 134 valence electrons. The third kappa shape index (κ3) is 16.4. The molecule has 0 rings (SSSR count). The second-order valence-corrected chi connectivity index (χ2v) is 7.96. The molecule has 0 spiro atoms. The number of hydrogen-bond acceptors (Lipinski definition) is 0. The first-order valence-electron chi connectivity index (χ1n) is 10.7. The van der Waals surface area contributed by atoms with Gasteiger partial charge in [0.15, 0.2) is 0 Å². The molecule has 0 fully saturated rings. The Balaban J connectivity index is 3.03. The van der Waals surface area contributed by atoms with Crippen molar-refractivity contribution in [2.45, 2.75) is 130 Å². The molecule has 0 radical (unpaired) electrons. The largest absolute Gasteiger partial charge is 0.0654 e. The summed E-state index contributed by atoms with van der Waals surface area (Å²) in [6.07, 6.45) is 23.5. The lowest BCUT2D eigenvalue weighted by molar-refractivity contribution is 0.374. The maximum atomic E-state index is 2.41. The summed E-state index contributed by atoms with van der Waals surface area (Å²) in [6, 6.07) is 0. The van der Waals surface area contributed by atoms with Crippen LogP contribution < -0.4 is 0 Å². The second-order valence-electron chi connectivity index (χ2n) is 7.96. The highest BCUT2D eigenvalue weighted by Gasteiger charge is 2.05. The average molecular weight is 311 g/mol. The van der Waals surface area contributed by atoms with Crippen LogP contribution in [0.5, 0.6) is 0 Å². The van der Waals surface area contributed by atoms with Crippen molar-refractivity contribution in [3.63, 3.8) is 0 Å². The van der Waals surface area contributed by atoms with Crippen LogP contribution in [0.3, 0.4) is 0 Å². The summed E-state index contributed by atoms with van der Waals surface area (Å²) in [5.41, 5.74) is 0. The molecule has 0 unspecified atom stereocenters. The van der Waals surface area contributed by atoms with E-state index in [-0.39, 0.29) is 0 Å². The number of unbranched alkanes of at least 4 members (excludes halogenated alkanes) is 14. The summed E-state index contributed by atoms with van der Waals surface area (Å²) in [4.78, 5) is 0. The van der Waals surface area contributed by atoms with Gasteiger partial charge in [0.25, 0.3) is 0 Å². The molecule has 1 atom stereocenters.